The second-order valence-corrected chi connectivity index (χ2v) is 4.20. The number of thioether (sulfide) groups is 1. The van der Waals surface area contributed by atoms with Crippen LogP contribution < -0.4 is 0 Å². The Hall–Kier alpha value is -1.03. The summed E-state index contributed by atoms with van der Waals surface area (Å²) in [5.74, 6) is 0.819. The highest BCUT2D eigenvalue weighted by atomic mass is 32.2. The Morgan fingerprint density at radius 2 is 2.57 bits per heavy atom. The minimum absolute atomic E-state index is 0.168. The third-order valence-corrected chi connectivity index (χ3v) is 3.53. The molecule has 1 fully saturated rings. The van der Waals surface area contributed by atoms with E-state index < -0.39 is 0 Å². The Labute approximate surface area is 87.5 Å². The lowest BCUT2D eigenvalue weighted by molar-refractivity contribution is -0.127. The molecule has 1 unspecified atom stereocenters. The number of carbonyl (C=O) groups excluding carboxylic acids is 1. The Morgan fingerprint density at radius 3 is 3.21 bits per heavy atom. The number of amides is 1. The van der Waals surface area contributed by atoms with Gasteiger partial charge in [0.25, 0.3) is 0 Å². The van der Waals surface area contributed by atoms with Gasteiger partial charge in [0.2, 0.25) is 5.91 Å². The van der Waals surface area contributed by atoms with Crippen LogP contribution in [0.25, 0.3) is 0 Å². The first-order chi connectivity index (χ1) is 6.83. The molecule has 1 aliphatic rings. The second kappa shape index (κ2) is 4.00. The molecule has 1 aromatic heterocycles. The molecule has 74 valence electrons. The maximum atomic E-state index is 11.5. The predicted molar refractivity (Wildman–Crippen MR) is 56.8 cm³/mol. The largest absolute Gasteiger partial charge is 0.326 e. The van der Waals surface area contributed by atoms with E-state index in [1.165, 1.54) is 0 Å². The molecule has 1 amide bonds. The molecule has 2 rings (SSSR count). The number of hydrogen-bond donors (Lipinski definition) is 0. The summed E-state index contributed by atoms with van der Waals surface area (Å²) in [6.07, 6.45) is 3.58. The van der Waals surface area contributed by atoms with Gasteiger partial charge in [0, 0.05) is 24.5 Å². The van der Waals surface area contributed by atoms with Gasteiger partial charge in [-0.05, 0) is 13.0 Å². The Morgan fingerprint density at radius 1 is 1.71 bits per heavy atom. The summed E-state index contributed by atoms with van der Waals surface area (Å²) in [6.45, 7) is 2.78. The van der Waals surface area contributed by atoms with E-state index in [1.807, 2.05) is 30.2 Å². The zero-order valence-electron chi connectivity index (χ0n) is 8.01. The molecule has 0 saturated carbocycles. The molecular formula is C10H12N2OS. The molecule has 0 bridgehead atoms. The number of pyridine rings is 1. The van der Waals surface area contributed by atoms with Crippen LogP contribution in [0.1, 0.15) is 17.9 Å². The van der Waals surface area contributed by atoms with Gasteiger partial charge in [0.05, 0.1) is 5.75 Å². The SMILES string of the molecule is CCN1C(=O)CSC1c1cccnc1. The van der Waals surface area contributed by atoms with E-state index in [0.29, 0.717) is 5.75 Å². The molecule has 2 heterocycles. The van der Waals surface area contributed by atoms with Crippen LogP contribution in [0.3, 0.4) is 0 Å². The number of hydrogen-bond acceptors (Lipinski definition) is 3. The quantitative estimate of drug-likeness (QED) is 0.741. The van der Waals surface area contributed by atoms with Crippen molar-refractivity contribution in [1.82, 2.24) is 9.88 Å². The van der Waals surface area contributed by atoms with Crippen molar-refractivity contribution in [3.05, 3.63) is 30.1 Å². The van der Waals surface area contributed by atoms with Crippen LogP contribution in [0, 0.1) is 0 Å². The Balaban J connectivity index is 2.23. The lowest BCUT2D eigenvalue weighted by Gasteiger charge is -2.21. The normalized spacial score (nSPS) is 21.6. The smallest absolute Gasteiger partial charge is 0.233 e. The van der Waals surface area contributed by atoms with Crippen LogP contribution in [0.15, 0.2) is 24.5 Å². The highest BCUT2D eigenvalue weighted by Gasteiger charge is 2.31. The third kappa shape index (κ3) is 1.62. The number of aromatic nitrogens is 1. The summed E-state index contributed by atoms with van der Waals surface area (Å²) in [6, 6.07) is 3.93. The average molecular weight is 208 g/mol. The predicted octanol–water partition coefficient (Wildman–Crippen LogP) is 1.68. The zero-order valence-corrected chi connectivity index (χ0v) is 8.83. The lowest BCUT2D eigenvalue weighted by atomic mass is 10.2. The summed E-state index contributed by atoms with van der Waals surface area (Å²) in [7, 11) is 0. The third-order valence-electron chi connectivity index (χ3n) is 2.28. The number of rotatable bonds is 2. The van der Waals surface area contributed by atoms with Crippen molar-refractivity contribution in [1.29, 1.82) is 0 Å². The van der Waals surface area contributed by atoms with Crippen LogP contribution in [0.2, 0.25) is 0 Å². The summed E-state index contributed by atoms with van der Waals surface area (Å²) in [5, 5.41) is 0.168. The van der Waals surface area contributed by atoms with E-state index >= 15 is 0 Å². The first-order valence-electron chi connectivity index (χ1n) is 4.64. The van der Waals surface area contributed by atoms with Crippen LogP contribution in [-0.2, 0) is 4.79 Å². The van der Waals surface area contributed by atoms with Gasteiger partial charge in [-0.25, -0.2) is 0 Å². The van der Waals surface area contributed by atoms with E-state index in [1.54, 1.807) is 18.0 Å². The van der Waals surface area contributed by atoms with Crippen molar-refractivity contribution in [2.24, 2.45) is 0 Å². The van der Waals surface area contributed by atoms with Gasteiger partial charge in [-0.3, -0.25) is 9.78 Å². The molecule has 1 saturated heterocycles. The fraction of sp³-hybridized carbons (Fsp3) is 0.400. The Bertz CT molecular complexity index is 328. The van der Waals surface area contributed by atoms with Gasteiger partial charge in [0.1, 0.15) is 5.37 Å². The molecule has 4 heteroatoms. The van der Waals surface area contributed by atoms with Gasteiger partial charge in [-0.2, -0.15) is 0 Å². The zero-order chi connectivity index (χ0) is 9.97. The van der Waals surface area contributed by atoms with E-state index in [-0.39, 0.29) is 11.3 Å². The molecule has 0 spiro atoms. The average Bonchev–Trinajstić information content (AvgIpc) is 2.61. The second-order valence-electron chi connectivity index (χ2n) is 3.13. The molecule has 0 radical (unpaired) electrons. The summed E-state index contributed by atoms with van der Waals surface area (Å²) in [5.41, 5.74) is 1.12. The topological polar surface area (TPSA) is 33.2 Å². The molecule has 14 heavy (non-hydrogen) atoms. The van der Waals surface area contributed by atoms with Crippen molar-refractivity contribution in [3.8, 4) is 0 Å². The summed E-state index contributed by atoms with van der Waals surface area (Å²) >= 11 is 1.67. The van der Waals surface area contributed by atoms with Crippen molar-refractivity contribution >= 4 is 17.7 Å². The van der Waals surface area contributed by atoms with E-state index in [0.717, 1.165) is 12.1 Å². The fourth-order valence-electron chi connectivity index (χ4n) is 1.59. The van der Waals surface area contributed by atoms with Crippen molar-refractivity contribution < 1.29 is 4.79 Å². The first kappa shape index (κ1) is 9.52. The minimum Gasteiger partial charge on any atom is -0.326 e. The first-order valence-corrected chi connectivity index (χ1v) is 5.69. The highest BCUT2D eigenvalue weighted by molar-refractivity contribution is 8.00. The van der Waals surface area contributed by atoms with Crippen LogP contribution in [0.4, 0.5) is 0 Å². The molecule has 1 aliphatic heterocycles. The minimum atomic E-state index is 0.168. The van der Waals surface area contributed by atoms with Crippen molar-refractivity contribution in [2.75, 3.05) is 12.3 Å². The van der Waals surface area contributed by atoms with Crippen molar-refractivity contribution in [2.45, 2.75) is 12.3 Å². The van der Waals surface area contributed by atoms with Crippen LogP contribution in [-0.4, -0.2) is 28.1 Å². The van der Waals surface area contributed by atoms with Crippen molar-refractivity contribution in [3.63, 3.8) is 0 Å². The van der Waals surface area contributed by atoms with Gasteiger partial charge >= 0.3 is 0 Å². The molecule has 0 aromatic carbocycles. The van der Waals surface area contributed by atoms with E-state index in [2.05, 4.69) is 4.98 Å². The standard InChI is InChI=1S/C10H12N2OS/c1-2-12-9(13)7-14-10(12)8-4-3-5-11-6-8/h3-6,10H,2,7H2,1H3. The summed E-state index contributed by atoms with van der Waals surface area (Å²) in [4.78, 5) is 17.4. The monoisotopic (exact) mass is 208 g/mol. The maximum Gasteiger partial charge on any atom is 0.233 e. The number of carbonyl (C=O) groups is 1. The number of nitrogens with zero attached hydrogens (tertiary/aromatic N) is 2. The highest BCUT2D eigenvalue weighted by Crippen LogP contribution is 2.37. The maximum absolute atomic E-state index is 11.5. The van der Waals surface area contributed by atoms with Crippen LogP contribution >= 0.6 is 11.8 Å². The molecular weight excluding hydrogens is 196 g/mol. The van der Waals surface area contributed by atoms with Crippen LogP contribution in [0.5, 0.6) is 0 Å². The van der Waals surface area contributed by atoms with E-state index in [9.17, 15) is 4.79 Å². The molecule has 3 nitrogen and oxygen atoms in total. The van der Waals surface area contributed by atoms with Gasteiger partial charge in [-0.15, -0.1) is 11.8 Å². The molecule has 0 N–H and O–H groups in total. The van der Waals surface area contributed by atoms with Gasteiger partial charge < -0.3 is 4.90 Å². The molecule has 1 atom stereocenters. The summed E-state index contributed by atoms with van der Waals surface area (Å²) < 4.78 is 0. The van der Waals surface area contributed by atoms with Gasteiger partial charge in [-0.1, -0.05) is 6.07 Å². The molecule has 1 aromatic rings. The molecule has 0 aliphatic carbocycles. The Kier molecular flexibility index (Phi) is 2.72. The van der Waals surface area contributed by atoms with Gasteiger partial charge in [0.15, 0.2) is 0 Å². The lowest BCUT2D eigenvalue weighted by Crippen LogP contribution is -2.27. The fourth-order valence-corrected chi connectivity index (χ4v) is 2.84. The van der Waals surface area contributed by atoms with E-state index in [4.69, 9.17) is 0 Å².